The van der Waals surface area contributed by atoms with Crippen LogP contribution in [-0.2, 0) is 5.41 Å². The molecule has 1 aromatic heterocycles. The van der Waals surface area contributed by atoms with Gasteiger partial charge in [0.1, 0.15) is 0 Å². The fourth-order valence-electron chi connectivity index (χ4n) is 2.56. The molecule has 1 atom stereocenters. The summed E-state index contributed by atoms with van der Waals surface area (Å²) in [5.74, 6) is 2.16. The molecule has 0 N–H and O–H groups in total. The zero-order valence-electron chi connectivity index (χ0n) is 14.7. The van der Waals surface area contributed by atoms with Gasteiger partial charge in [-0.2, -0.15) is 4.98 Å². The van der Waals surface area contributed by atoms with Gasteiger partial charge in [0, 0.05) is 11.3 Å². The quantitative estimate of drug-likeness (QED) is 0.497. The van der Waals surface area contributed by atoms with Crippen LogP contribution in [0.4, 0.5) is 0 Å². The number of unbranched alkanes of at least 4 members (excludes halogenated alkanes) is 5. The molecule has 0 amide bonds. The molecular formula is C18H34N2O. The summed E-state index contributed by atoms with van der Waals surface area (Å²) in [7, 11) is 0. The average Bonchev–Trinajstić information content (AvgIpc) is 2.91. The van der Waals surface area contributed by atoms with Crippen molar-refractivity contribution in [1.29, 1.82) is 0 Å². The van der Waals surface area contributed by atoms with Gasteiger partial charge in [-0.1, -0.05) is 84.7 Å². The van der Waals surface area contributed by atoms with E-state index in [2.05, 4.69) is 44.8 Å². The van der Waals surface area contributed by atoms with E-state index in [1.807, 2.05) is 0 Å². The van der Waals surface area contributed by atoms with E-state index in [1.165, 1.54) is 57.8 Å². The monoisotopic (exact) mass is 294 g/mol. The standard InChI is InChI=1S/C18H34N2O/c1-6-8-10-12-14-15(13-11-9-7-2)16-19-17(20-21-16)18(3,4)5/h15H,6-14H2,1-5H3/t15-/m0/s1. The molecule has 1 aromatic rings. The summed E-state index contributed by atoms with van der Waals surface area (Å²) in [6.45, 7) is 10.9. The molecule has 0 fully saturated rings. The van der Waals surface area contributed by atoms with Gasteiger partial charge in [-0.05, 0) is 12.8 Å². The predicted molar refractivity (Wildman–Crippen MR) is 88.6 cm³/mol. The van der Waals surface area contributed by atoms with Crippen molar-refractivity contribution < 1.29 is 4.52 Å². The highest BCUT2D eigenvalue weighted by Crippen LogP contribution is 2.29. The van der Waals surface area contributed by atoms with Crippen molar-refractivity contribution in [3.8, 4) is 0 Å². The first kappa shape index (κ1) is 18.2. The average molecular weight is 294 g/mol. The van der Waals surface area contributed by atoms with Crippen LogP contribution >= 0.6 is 0 Å². The molecule has 1 heterocycles. The molecule has 3 heteroatoms. The summed E-state index contributed by atoms with van der Waals surface area (Å²) in [5, 5.41) is 4.19. The topological polar surface area (TPSA) is 38.9 Å². The Hall–Kier alpha value is -0.860. The van der Waals surface area contributed by atoms with Crippen LogP contribution in [0.15, 0.2) is 4.52 Å². The number of hydrogen-bond donors (Lipinski definition) is 0. The first-order chi connectivity index (χ1) is 9.99. The second-order valence-corrected chi connectivity index (χ2v) is 7.25. The van der Waals surface area contributed by atoms with Crippen molar-refractivity contribution in [3.63, 3.8) is 0 Å². The first-order valence-electron chi connectivity index (χ1n) is 8.83. The van der Waals surface area contributed by atoms with Crippen LogP contribution in [0.5, 0.6) is 0 Å². The molecule has 1 rings (SSSR count). The fraction of sp³-hybridized carbons (Fsp3) is 0.889. The lowest BCUT2D eigenvalue weighted by Crippen LogP contribution is -2.13. The van der Waals surface area contributed by atoms with Gasteiger partial charge in [0.2, 0.25) is 5.89 Å². The van der Waals surface area contributed by atoms with E-state index in [0.717, 1.165) is 11.7 Å². The summed E-state index contributed by atoms with van der Waals surface area (Å²) in [6, 6.07) is 0. The third kappa shape index (κ3) is 6.62. The van der Waals surface area contributed by atoms with Crippen molar-refractivity contribution >= 4 is 0 Å². The van der Waals surface area contributed by atoms with Gasteiger partial charge in [0.15, 0.2) is 5.82 Å². The molecule has 0 radical (unpaired) electrons. The Morgan fingerprint density at radius 2 is 1.48 bits per heavy atom. The Morgan fingerprint density at radius 1 is 0.905 bits per heavy atom. The Kier molecular flexibility index (Phi) is 7.98. The maximum Gasteiger partial charge on any atom is 0.229 e. The van der Waals surface area contributed by atoms with Crippen LogP contribution in [0.1, 0.15) is 110 Å². The molecule has 0 spiro atoms. The van der Waals surface area contributed by atoms with Crippen LogP contribution < -0.4 is 0 Å². The minimum absolute atomic E-state index is 0.0298. The Labute approximate surface area is 130 Å². The van der Waals surface area contributed by atoms with E-state index in [9.17, 15) is 0 Å². The smallest absolute Gasteiger partial charge is 0.229 e. The van der Waals surface area contributed by atoms with Gasteiger partial charge in [-0.25, -0.2) is 0 Å². The minimum atomic E-state index is -0.0298. The molecule has 0 aliphatic heterocycles. The first-order valence-corrected chi connectivity index (χ1v) is 8.83. The Balaban J connectivity index is 2.63. The normalized spacial score (nSPS) is 13.6. The zero-order chi connectivity index (χ0) is 15.7. The van der Waals surface area contributed by atoms with Crippen molar-refractivity contribution in [2.24, 2.45) is 0 Å². The molecule has 0 aliphatic carbocycles. The molecule has 0 unspecified atom stereocenters. The third-order valence-electron chi connectivity index (χ3n) is 4.02. The second-order valence-electron chi connectivity index (χ2n) is 7.25. The van der Waals surface area contributed by atoms with Crippen molar-refractivity contribution in [3.05, 3.63) is 11.7 Å². The Morgan fingerprint density at radius 3 is 2.00 bits per heavy atom. The van der Waals surface area contributed by atoms with Gasteiger partial charge in [0.25, 0.3) is 0 Å². The third-order valence-corrected chi connectivity index (χ3v) is 4.02. The van der Waals surface area contributed by atoms with Crippen molar-refractivity contribution in [1.82, 2.24) is 10.1 Å². The van der Waals surface area contributed by atoms with Crippen LogP contribution in [-0.4, -0.2) is 10.1 Å². The number of aromatic nitrogens is 2. The van der Waals surface area contributed by atoms with E-state index in [1.54, 1.807) is 0 Å². The van der Waals surface area contributed by atoms with Crippen molar-refractivity contribution in [2.45, 2.75) is 104 Å². The van der Waals surface area contributed by atoms with Gasteiger partial charge >= 0.3 is 0 Å². The summed E-state index contributed by atoms with van der Waals surface area (Å²) in [4.78, 5) is 4.68. The highest BCUT2D eigenvalue weighted by atomic mass is 16.5. The lowest BCUT2D eigenvalue weighted by atomic mass is 9.93. The number of nitrogens with zero attached hydrogens (tertiary/aromatic N) is 2. The fourth-order valence-corrected chi connectivity index (χ4v) is 2.56. The number of hydrogen-bond acceptors (Lipinski definition) is 3. The maximum atomic E-state index is 5.58. The van der Waals surface area contributed by atoms with Crippen LogP contribution in [0.2, 0.25) is 0 Å². The molecule has 0 saturated carbocycles. The van der Waals surface area contributed by atoms with Gasteiger partial charge in [-0.3, -0.25) is 0 Å². The summed E-state index contributed by atoms with van der Waals surface area (Å²) in [5.41, 5.74) is -0.0298. The lowest BCUT2D eigenvalue weighted by molar-refractivity contribution is 0.323. The summed E-state index contributed by atoms with van der Waals surface area (Å²) in [6.07, 6.45) is 11.4. The maximum absolute atomic E-state index is 5.58. The van der Waals surface area contributed by atoms with Crippen LogP contribution in [0.25, 0.3) is 0 Å². The number of rotatable bonds is 10. The summed E-state index contributed by atoms with van der Waals surface area (Å²) >= 11 is 0. The molecule has 0 aromatic carbocycles. The SMILES string of the molecule is CCCCCC[C@H](CCCCC)c1nc(C(C)(C)C)no1. The van der Waals surface area contributed by atoms with Gasteiger partial charge in [-0.15, -0.1) is 0 Å². The molecule has 0 saturated heterocycles. The van der Waals surface area contributed by atoms with E-state index < -0.39 is 0 Å². The zero-order valence-corrected chi connectivity index (χ0v) is 14.7. The highest BCUT2D eigenvalue weighted by molar-refractivity contribution is 5.02. The molecule has 3 nitrogen and oxygen atoms in total. The Bertz CT molecular complexity index is 379. The van der Waals surface area contributed by atoms with Gasteiger partial charge in [0.05, 0.1) is 0 Å². The van der Waals surface area contributed by atoms with E-state index in [4.69, 9.17) is 4.52 Å². The molecule has 122 valence electrons. The van der Waals surface area contributed by atoms with Crippen molar-refractivity contribution in [2.75, 3.05) is 0 Å². The molecule has 21 heavy (non-hydrogen) atoms. The minimum Gasteiger partial charge on any atom is -0.339 e. The largest absolute Gasteiger partial charge is 0.339 e. The van der Waals surface area contributed by atoms with Crippen LogP contribution in [0, 0.1) is 0 Å². The molecule has 0 bridgehead atoms. The van der Waals surface area contributed by atoms with Crippen LogP contribution in [0.3, 0.4) is 0 Å². The van der Waals surface area contributed by atoms with E-state index in [0.29, 0.717) is 5.92 Å². The molecule has 0 aliphatic rings. The van der Waals surface area contributed by atoms with Gasteiger partial charge < -0.3 is 4.52 Å². The highest BCUT2D eigenvalue weighted by Gasteiger charge is 2.24. The second kappa shape index (κ2) is 9.22. The predicted octanol–water partition coefficient (Wildman–Crippen LogP) is 6.00. The van der Waals surface area contributed by atoms with E-state index in [-0.39, 0.29) is 5.41 Å². The molecular weight excluding hydrogens is 260 g/mol. The lowest BCUT2D eigenvalue weighted by Gasteiger charge is -2.13. The van der Waals surface area contributed by atoms with E-state index >= 15 is 0 Å². The summed E-state index contributed by atoms with van der Waals surface area (Å²) < 4.78 is 5.58.